The highest BCUT2D eigenvalue weighted by molar-refractivity contribution is 6.04. The van der Waals surface area contributed by atoms with Crippen molar-refractivity contribution in [2.45, 2.75) is 19.4 Å². The van der Waals surface area contributed by atoms with Crippen molar-refractivity contribution in [2.75, 3.05) is 32.1 Å². The lowest BCUT2D eigenvalue weighted by Gasteiger charge is -2.35. The van der Waals surface area contributed by atoms with Crippen LogP contribution in [-0.4, -0.2) is 38.6 Å². The summed E-state index contributed by atoms with van der Waals surface area (Å²) >= 11 is 0. The minimum atomic E-state index is -0.511. The molecule has 154 valence electrons. The van der Waals surface area contributed by atoms with Gasteiger partial charge in [0.1, 0.15) is 5.82 Å². The maximum absolute atomic E-state index is 13.3. The van der Waals surface area contributed by atoms with Crippen molar-refractivity contribution >= 4 is 17.5 Å². The lowest BCUT2D eigenvalue weighted by atomic mass is 9.78. The Kier molecular flexibility index (Phi) is 6.95. The Bertz CT molecular complexity index is 860. The van der Waals surface area contributed by atoms with Crippen LogP contribution in [0.2, 0.25) is 0 Å². The molecule has 0 saturated carbocycles. The zero-order chi connectivity index (χ0) is 20.7. The highest BCUT2D eigenvalue weighted by Crippen LogP contribution is 2.29. The number of carbonyl (C=O) groups is 2. The van der Waals surface area contributed by atoms with Crippen LogP contribution in [0, 0.1) is 11.2 Å². The summed E-state index contributed by atoms with van der Waals surface area (Å²) in [5.41, 5.74) is 1.18. The van der Waals surface area contributed by atoms with E-state index < -0.39 is 11.2 Å². The number of carbonyl (C=O) groups excluding carboxylic acids is 2. The Morgan fingerprint density at radius 2 is 1.90 bits per heavy atom. The van der Waals surface area contributed by atoms with E-state index in [0.717, 1.165) is 31.5 Å². The molecule has 7 heteroatoms. The third kappa shape index (κ3) is 5.40. The largest absolute Gasteiger partial charge is 0.384 e. The first-order valence-electron chi connectivity index (χ1n) is 9.66. The highest BCUT2D eigenvalue weighted by Gasteiger charge is 2.39. The van der Waals surface area contributed by atoms with Crippen LogP contribution >= 0.6 is 0 Å². The molecular weight excluding hydrogens is 373 g/mol. The van der Waals surface area contributed by atoms with Gasteiger partial charge in [-0.25, -0.2) is 4.39 Å². The van der Waals surface area contributed by atoms with Crippen LogP contribution in [0.5, 0.6) is 0 Å². The molecule has 3 rings (SSSR count). The van der Waals surface area contributed by atoms with Crippen LogP contribution in [0.25, 0.3) is 0 Å². The van der Waals surface area contributed by atoms with E-state index in [1.54, 1.807) is 31.4 Å². The smallest absolute Gasteiger partial charge is 0.255 e. The van der Waals surface area contributed by atoms with Crippen molar-refractivity contribution in [3.63, 3.8) is 0 Å². The molecule has 0 aromatic heterocycles. The van der Waals surface area contributed by atoms with Crippen LogP contribution in [-0.2, 0) is 16.1 Å². The van der Waals surface area contributed by atoms with Gasteiger partial charge in [-0.3, -0.25) is 9.59 Å². The number of amides is 2. The predicted molar refractivity (Wildman–Crippen MR) is 109 cm³/mol. The molecule has 1 heterocycles. The first-order chi connectivity index (χ1) is 14.0. The quantitative estimate of drug-likeness (QED) is 0.669. The number of benzene rings is 2. The predicted octanol–water partition coefficient (Wildman–Crippen LogP) is 2.71. The van der Waals surface area contributed by atoms with E-state index in [1.807, 2.05) is 6.07 Å². The van der Waals surface area contributed by atoms with Crippen LogP contribution in [0.15, 0.2) is 48.5 Å². The minimum Gasteiger partial charge on any atom is -0.384 e. The summed E-state index contributed by atoms with van der Waals surface area (Å²) in [7, 11) is 1.61. The van der Waals surface area contributed by atoms with Gasteiger partial charge in [0, 0.05) is 24.9 Å². The average molecular weight is 399 g/mol. The molecule has 0 spiro atoms. The van der Waals surface area contributed by atoms with Crippen molar-refractivity contribution in [1.82, 2.24) is 10.6 Å². The van der Waals surface area contributed by atoms with Crippen LogP contribution in [0.4, 0.5) is 10.1 Å². The number of ether oxygens (including phenoxy) is 1. The van der Waals surface area contributed by atoms with Gasteiger partial charge in [-0.15, -0.1) is 0 Å². The molecule has 0 unspecified atom stereocenters. The average Bonchev–Trinajstić information content (AvgIpc) is 2.73. The van der Waals surface area contributed by atoms with Crippen LogP contribution in [0.1, 0.15) is 28.8 Å². The van der Waals surface area contributed by atoms with Crippen molar-refractivity contribution in [3.05, 3.63) is 65.5 Å². The molecule has 3 N–H and O–H groups in total. The second kappa shape index (κ2) is 9.62. The Morgan fingerprint density at radius 3 is 2.62 bits per heavy atom. The second-order valence-corrected chi connectivity index (χ2v) is 7.31. The summed E-state index contributed by atoms with van der Waals surface area (Å²) in [5.74, 6) is -0.869. The van der Waals surface area contributed by atoms with Crippen LogP contribution in [0.3, 0.4) is 0 Å². The first-order valence-corrected chi connectivity index (χ1v) is 9.66. The van der Waals surface area contributed by atoms with Gasteiger partial charge in [-0.1, -0.05) is 18.2 Å². The fraction of sp³-hybridized carbons (Fsp3) is 0.364. The summed E-state index contributed by atoms with van der Waals surface area (Å²) < 4.78 is 18.6. The summed E-state index contributed by atoms with van der Waals surface area (Å²) in [6, 6.07) is 12.8. The van der Waals surface area contributed by atoms with Crippen molar-refractivity contribution in [1.29, 1.82) is 0 Å². The fourth-order valence-electron chi connectivity index (χ4n) is 3.58. The molecule has 1 aliphatic heterocycles. The van der Waals surface area contributed by atoms with Gasteiger partial charge < -0.3 is 20.7 Å². The van der Waals surface area contributed by atoms with Crippen molar-refractivity contribution in [3.8, 4) is 0 Å². The second-order valence-electron chi connectivity index (χ2n) is 7.31. The van der Waals surface area contributed by atoms with Crippen molar-refractivity contribution < 1.29 is 18.7 Å². The van der Waals surface area contributed by atoms with E-state index >= 15 is 0 Å². The molecule has 0 aliphatic carbocycles. The molecule has 0 radical (unpaired) electrons. The number of hydrogen-bond acceptors (Lipinski definition) is 4. The number of rotatable bonds is 7. The topological polar surface area (TPSA) is 79.5 Å². The lowest BCUT2D eigenvalue weighted by Crippen LogP contribution is -2.49. The SMILES string of the molecule is COCC1(C(=O)NCc2cccc(NC(=O)c3cccc(F)c3)c2)CCNCC1. The first kappa shape index (κ1) is 21.0. The third-order valence-electron chi connectivity index (χ3n) is 5.19. The zero-order valence-electron chi connectivity index (χ0n) is 16.5. The Balaban J connectivity index is 1.62. The van der Waals surface area contributed by atoms with E-state index in [1.165, 1.54) is 18.2 Å². The van der Waals surface area contributed by atoms with Crippen molar-refractivity contribution in [2.24, 2.45) is 5.41 Å². The van der Waals surface area contributed by atoms with E-state index in [9.17, 15) is 14.0 Å². The summed E-state index contributed by atoms with van der Waals surface area (Å²) in [4.78, 5) is 25.1. The molecule has 0 atom stereocenters. The van der Waals surface area contributed by atoms with Gasteiger partial charge in [0.2, 0.25) is 5.91 Å². The number of methoxy groups -OCH3 is 1. The Labute approximate surface area is 169 Å². The van der Waals surface area contributed by atoms with E-state index in [2.05, 4.69) is 16.0 Å². The number of nitrogens with one attached hydrogen (secondary N) is 3. The molecule has 0 bridgehead atoms. The normalized spacial score (nSPS) is 15.5. The van der Waals surface area contributed by atoms with Gasteiger partial charge in [0.25, 0.3) is 5.91 Å². The van der Waals surface area contributed by atoms with Crippen LogP contribution < -0.4 is 16.0 Å². The molecule has 2 aromatic rings. The number of anilines is 1. The lowest BCUT2D eigenvalue weighted by molar-refractivity contribution is -0.136. The number of halogens is 1. The summed E-state index contributed by atoms with van der Waals surface area (Å²) in [6.07, 6.45) is 1.47. The molecule has 2 aromatic carbocycles. The molecule has 1 fully saturated rings. The molecular formula is C22H26FN3O3. The number of hydrogen-bond donors (Lipinski definition) is 3. The van der Waals surface area contributed by atoms with Gasteiger partial charge in [-0.05, 0) is 61.8 Å². The fourth-order valence-corrected chi connectivity index (χ4v) is 3.58. The van der Waals surface area contributed by atoms with Gasteiger partial charge in [0.15, 0.2) is 0 Å². The monoisotopic (exact) mass is 399 g/mol. The van der Waals surface area contributed by atoms with E-state index in [-0.39, 0.29) is 17.4 Å². The van der Waals surface area contributed by atoms with E-state index in [0.29, 0.717) is 18.8 Å². The molecule has 2 amide bonds. The molecule has 29 heavy (non-hydrogen) atoms. The maximum atomic E-state index is 13.3. The minimum absolute atomic E-state index is 0.0185. The highest BCUT2D eigenvalue weighted by atomic mass is 19.1. The molecule has 6 nitrogen and oxygen atoms in total. The van der Waals surface area contributed by atoms with Gasteiger partial charge >= 0.3 is 0 Å². The standard InChI is InChI=1S/C22H26FN3O3/c1-29-15-22(8-10-24-11-9-22)21(28)25-14-16-4-2-7-19(12-16)26-20(27)17-5-3-6-18(23)13-17/h2-7,12-13,24H,8-11,14-15H2,1H3,(H,25,28)(H,26,27). The number of piperidine rings is 1. The summed E-state index contributed by atoms with van der Waals surface area (Å²) in [5, 5.41) is 9.03. The van der Waals surface area contributed by atoms with Gasteiger partial charge in [0.05, 0.1) is 12.0 Å². The van der Waals surface area contributed by atoms with Gasteiger partial charge in [-0.2, -0.15) is 0 Å². The zero-order valence-corrected chi connectivity index (χ0v) is 16.5. The third-order valence-corrected chi connectivity index (χ3v) is 5.19. The maximum Gasteiger partial charge on any atom is 0.255 e. The summed E-state index contributed by atoms with van der Waals surface area (Å²) in [6.45, 7) is 2.32. The molecule has 1 aliphatic rings. The van der Waals surface area contributed by atoms with E-state index in [4.69, 9.17) is 4.74 Å². The Hall–Kier alpha value is -2.77. The Morgan fingerprint density at radius 1 is 1.14 bits per heavy atom. The molecule has 1 saturated heterocycles.